The molecule has 1 aliphatic rings. The zero-order chi connectivity index (χ0) is 14.1. The minimum absolute atomic E-state index is 0.110. The first-order valence-electron chi connectivity index (χ1n) is 6.90. The van der Waals surface area contributed by atoms with Gasteiger partial charge in [-0.05, 0) is 47.9 Å². The highest BCUT2D eigenvalue weighted by Crippen LogP contribution is 2.31. The fourth-order valence-corrected chi connectivity index (χ4v) is 3.42. The molecule has 1 aliphatic carbocycles. The molecule has 0 fully saturated rings. The maximum absolute atomic E-state index is 6.41. The van der Waals surface area contributed by atoms with Crippen LogP contribution in [0, 0.1) is 5.92 Å². The number of hydrogen-bond donors (Lipinski definition) is 1. The largest absolute Gasteiger partial charge is 0.327 e. The molecule has 2 aromatic rings. The van der Waals surface area contributed by atoms with Crippen LogP contribution in [0.5, 0.6) is 0 Å². The summed E-state index contributed by atoms with van der Waals surface area (Å²) in [6.45, 7) is 0. The lowest BCUT2D eigenvalue weighted by atomic mass is 9.92. The van der Waals surface area contributed by atoms with E-state index in [0.717, 1.165) is 24.8 Å². The number of fused-ring (bicyclic) bond motifs is 1. The van der Waals surface area contributed by atoms with E-state index in [0.29, 0.717) is 16.0 Å². The van der Waals surface area contributed by atoms with Crippen molar-refractivity contribution < 1.29 is 0 Å². The molecule has 1 atom stereocenters. The lowest BCUT2D eigenvalue weighted by Crippen LogP contribution is -2.32. The normalized spacial score (nSPS) is 16.1. The smallest absolute Gasteiger partial charge is 0.0624 e. The monoisotopic (exact) mass is 305 g/mol. The van der Waals surface area contributed by atoms with E-state index in [4.69, 9.17) is 28.9 Å². The van der Waals surface area contributed by atoms with E-state index in [1.807, 2.05) is 18.2 Å². The summed E-state index contributed by atoms with van der Waals surface area (Å²) in [6.07, 6.45) is 2.91. The van der Waals surface area contributed by atoms with E-state index in [1.54, 1.807) is 0 Å². The molecule has 0 aromatic heterocycles. The summed E-state index contributed by atoms with van der Waals surface area (Å²) < 4.78 is 0. The SMILES string of the molecule is NC(Cc1cccc(Cl)c1Cl)C1Cc2ccccc2C1. The first-order valence-corrected chi connectivity index (χ1v) is 7.66. The molecular weight excluding hydrogens is 289 g/mol. The molecule has 1 unspecified atom stereocenters. The molecule has 1 nitrogen and oxygen atoms in total. The molecule has 0 spiro atoms. The van der Waals surface area contributed by atoms with Gasteiger partial charge in [0, 0.05) is 6.04 Å². The van der Waals surface area contributed by atoms with Crippen molar-refractivity contribution in [3.63, 3.8) is 0 Å². The van der Waals surface area contributed by atoms with Crippen molar-refractivity contribution in [1.82, 2.24) is 0 Å². The minimum Gasteiger partial charge on any atom is -0.327 e. The maximum atomic E-state index is 6.41. The second-order valence-corrected chi connectivity index (χ2v) is 6.30. The number of hydrogen-bond acceptors (Lipinski definition) is 1. The van der Waals surface area contributed by atoms with Crippen molar-refractivity contribution in [2.45, 2.75) is 25.3 Å². The third-order valence-corrected chi connectivity index (χ3v) is 5.03. The summed E-state index contributed by atoms with van der Waals surface area (Å²) in [7, 11) is 0. The van der Waals surface area contributed by atoms with Crippen LogP contribution in [0.3, 0.4) is 0 Å². The van der Waals surface area contributed by atoms with Gasteiger partial charge in [0.05, 0.1) is 10.0 Å². The van der Waals surface area contributed by atoms with E-state index in [9.17, 15) is 0 Å². The van der Waals surface area contributed by atoms with E-state index < -0.39 is 0 Å². The van der Waals surface area contributed by atoms with Gasteiger partial charge in [-0.3, -0.25) is 0 Å². The van der Waals surface area contributed by atoms with E-state index in [-0.39, 0.29) is 6.04 Å². The fraction of sp³-hybridized carbons (Fsp3) is 0.294. The Hall–Kier alpha value is -1.02. The van der Waals surface area contributed by atoms with Gasteiger partial charge < -0.3 is 5.73 Å². The summed E-state index contributed by atoms with van der Waals surface area (Å²) in [5.41, 5.74) is 10.3. The Morgan fingerprint density at radius 2 is 1.65 bits per heavy atom. The highest BCUT2D eigenvalue weighted by atomic mass is 35.5. The first kappa shape index (κ1) is 13.9. The number of nitrogens with two attached hydrogens (primary N) is 1. The van der Waals surface area contributed by atoms with E-state index >= 15 is 0 Å². The third-order valence-electron chi connectivity index (χ3n) is 4.18. The van der Waals surface area contributed by atoms with Crippen molar-refractivity contribution in [3.8, 4) is 0 Å². The predicted octanol–water partition coefficient (Wildman–Crippen LogP) is 4.28. The van der Waals surface area contributed by atoms with Crippen molar-refractivity contribution in [1.29, 1.82) is 0 Å². The van der Waals surface area contributed by atoms with Crippen molar-refractivity contribution in [3.05, 3.63) is 69.2 Å². The van der Waals surface area contributed by atoms with Crippen LogP contribution in [-0.4, -0.2) is 6.04 Å². The van der Waals surface area contributed by atoms with Crippen LogP contribution in [0.4, 0.5) is 0 Å². The molecule has 2 aromatic carbocycles. The average Bonchev–Trinajstić information content (AvgIpc) is 2.88. The van der Waals surface area contributed by atoms with E-state index in [1.165, 1.54) is 11.1 Å². The Balaban J connectivity index is 1.72. The van der Waals surface area contributed by atoms with Gasteiger partial charge >= 0.3 is 0 Å². The fourth-order valence-electron chi connectivity index (χ4n) is 3.02. The second kappa shape index (κ2) is 5.77. The van der Waals surface area contributed by atoms with Crippen molar-refractivity contribution in [2.75, 3.05) is 0 Å². The van der Waals surface area contributed by atoms with Gasteiger partial charge in [-0.1, -0.05) is 59.6 Å². The van der Waals surface area contributed by atoms with Crippen LogP contribution < -0.4 is 5.73 Å². The Kier molecular flexibility index (Phi) is 4.02. The third kappa shape index (κ3) is 2.71. The molecule has 3 rings (SSSR count). The van der Waals surface area contributed by atoms with Gasteiger partial charge in [0.1, 0.15) is 0 Å². The number of rotatable bonds is 3. The highest BCUT2D eigenvalue weighted by Gasteiger charge is 2.26. The van der Waals surface area contributed by atoms with Crippen LogP contribution in [0.15, 0.2) is 42.5 Å². The van der Waals surface area contributed by atoms with Gasteiger partial charge in [-0.2, -0.15) is 0 Å². The Morgan fingerprint density at radius 3 is 2.30 bits per heavy atom. The summed E-state index contributed by atoms with van der Waals surface area (Å²) in [6, 6.07) is 14.5. The molecule has 2 N–H and O–H groups in total. The Bertz CT molecular complexity index is 599. The molecule has 0 aliphatic heterocycles. The van der Waals surface area contributed by atoms with Crippen molar-refractivity contribution in [2.24, 2.45) is 11.7 Å². The summed E-state index contributed by atoms with van der Waals surface area (Å²) >= 11 is 12.3. The van der Waals surface area contributed by atoms with Crippen LogP contribution in [0.25, 0.3) is 0 Å². The summed E-state index contributed by atoms with van der Waals surface area (Å²) in [5.74, 6) is 0.488. The van der Waals surface area contributed by atoms with E-state index in [2.05, 4.69) is 24.3 Å². The Labute approximate surface area is 129 Å². The van der Waals surface area contributed by atoms with Gasteiger partial charge in [-0.15, -0.1) is 0 Å². The molecule has 0 saturated heterocycles. The van der Waals surface area contributed by atoms with Gasteiger partial charge in [0.25, 0.3) is 0 Å². The van der Waals surface area contributed by atoms with Crippen molar-refractivity contribution >= 4 is 23.2 Å². The standard InChI is InChI=1S/C17H17Cl2N/c18-15-7-3-6-13(17(15)19)10-16(20)14-8-11-4-1-2-5-12(11)9-14/h1-7,14,16H,8-10,20H2. The van der Waals surface area contributed by atoms with Crippen LogP contribution in [-0.2, 0) is 19.3 Å². The lowest BCUT2D eigenvalue weighted by Gasteiger charge is -2.19. The van der Waals surface area contributed by atoms with Crippen LogP contribution >= 0.6 is 23.2 Å². The number of benzene rings is 2. The predicted molar refractivity (Wildman–Crippen MR) is 85.5 cm³/mol. The van der Waals surface area contributed by atoms with Crippen LogP contribution in [0.1, 0.15) is 16.7 Å². The molecule has 0 amide bonds. The molecule has 3 heteroatoms. The quantitative estimate of drug-likeness (QED) is 0.900. The molecular formula is C17H17Cl2N. The summed E-state index contributed by atoms with van der Waals surface area (Å²) in [4.78, 5) is 0. The minimum atomic E-state index is 0.110. The molecule has 0 saturated carbocycles. The zero-order valence-electron chi connectivity index (χ0n) is 11.2. The van der Waals surface area contributed by atoms with Gasteiger partial charge in [-0.25, -0.2) is 0 Å². The first-order chi connectivity index (χ1) is 9.65. The lowest BCUT2D eigenvalue weighted by molar-refractivity contribution is 0.437. The van der Waals surface area contributed by atoms with Gasteiger partial charge in [0.15, 0.2) is 0 Å². The zero-order valence-corrected chi connectivity index (χ0v) is 12.7. The van der Waals surface area contributed by atoms with Gasteiger partial charge in [0.2, 0.25) is 0 Å². The molecule has 0 bridgehead atoms. The Morgan fingerprint density at radius 1 is 1.00 bits per heavy atom. The maximum Gasteiger partial charge on any atom is 0.0624 e. The highest BCUT2D eigenvalue weighted by molar-refractivity contribution is 6.42. The average molecular weight is 306 g/mol. The second-order valence-electron chi connectivity index (χ2n) is 5.52. The number of halogens is 2. The van der Waals surface area contributed by atoms with Crippen LogP contribution in [0.2, 0.25) is 10.0 Å². The topological polar surface area (TPSA) is 26.0 Å². The molecule has 0 heterocycles. The molecule has 104 valence electrons. The molecule has 20 heavy (non-hydrogen) atoms. The summed E-state index contributed by atoms with van der Waals surface area (Å²) in [5, 5.41) is 1.24. The molecule has 0 radical (unpaired) electrons.